The molecule has 0 spiro atoms. The van der Waals surface area contributed by atoms with Crippen LogP contribution < -0.4 is 0 Å². The molecule has 1 aliphatic carbocycles. The molecular formula is C13H19NO2S. The van der Waals surface area contributed by atoms with Gasteiger partial charge in [-0.15, -0.1) is 11.3 Å². The molecule has 2 rings (SSSR count). The second kappa shape index (κ2) is 5.74. The number of aromatic nitrogens is 1. The van der Waals surface area contributed by atoms with Crippen molar-refractivity contribution in [3.05, 3.63) is 16.1 Å². The number of thiazole rings is 1. The third-order valence-electron chi connectivity index (χ3n) is 3.16. The van der Waals surface area contributed by atoms with E-state index in [2.05, 4.69) is 4.98 Å². The van der Waals surface area contributed by atoms with Gasteiger partial charge in [0.25, 0.3) is 0 Å². The Labute approximate surface area is 106 Å². The number of carbonyl (C=O) groups excluding carboxylic acids is 1. The van der Waals surface area contributed by atoms with E-state index < -0.39 is 0 Å². The van der Waals surface area contributed by atoms with E-state index in [1.54, 1.807) is 11.3 Å². The second-order valence-electron chi connectivity index (χ2n) is 4.69. The normalized spacial score (nSPS) is 23.4. The van der Waals surface area contributed by atoms with E-state index in [4.69, 9.17) is 4.74 Å². The summed E-state index contributed by atoms with van der Waals surface area (Å²) < 4.78 is 5.49. The number of hydrogen-bond acceptors (Lipinski definition) is 4. The lowest BCUT2D eigenvalue weighted by Gasteiger charge is -2.34. The average molecular weight is 253 g/mol. The van der Waals surface area contributed by atoms with Gasteiger partial charge in [-0.3, -0.25) is 4.79 Å². The zero-order valence-corrected chi connectivity index (χ0v) is 11.3. The molecule has 0 saturated heterocycles. The molecule has 0 amide bonds. The van der Waals surface area contributed by atoms with Crippen LogP contribution in [0.2, 0.25) is 0 Å². The van der Waals surface area contributed by atoms with Gasteiger partial charge in [0.15, 0.2) is 0 Å². The first-order valence-electron chi connectivity index (χ1n) is 6.21. The molecule has 1 aromatic rings. The summed E-state index contributed by atoms with van der Waals surface area (Å²) in [4.78, 5) is 16.1. The fourth-order valence-corrected chi connectivity index (χ4v) is 2.91. The summed E-state index contributed by atoms with van der Waals surface area (Å²) in [6, 6.07) is 0. The van der Waals surface area contributed by atoms with E-state index in [9.17, 15) is 4.79 Å². The molecular weight excluding hydrogens is 234 g/mol. The van der Waals surface area contributed by atoms with Crippen molar-refractivity contribution in [3.8, 4) is 0 Å². The molecule has 94 valence electrons. The standard InChI is InChI=1S/C13H19NO2S/c1-3-16-13-5-10(6-13)4-12(15)7-11-8-17-9(2)14-11/h8,10,13H,3-7H2,1-2H3. The van der Waals surface area contributed by atoms with Crippen LogP contribution in [0.1, 0.15) is 36.9 Å². The van der Waals surface area contributed by atoms with Crippen LogP contribution in [0.15, 0.2) is 5.38 Å². The first kappa shape index (κ1) is 12.7. The zero-order valence-electron chi connectivity index (χ0n) is 10.4. The lowest BCUT2D eigenvalue weighted by molar-refractivity contribution is -0.121. The fourth-order valence-electron chi connectivity index (χ4n) is 2.30. The van der Waals surface area contributed by atoms with E-state index in [0.717, 1.165) is 30.2 Å². The number of hydrogen-bond donors (Lipinski definition) is 0. The van der Waals surface area contributed by atoms with Gasteiger partial charge in [0.2, 0.25) is 0 Å². The van der Waals surface area contributed by atoms with Gasteiger partial charge >= 0.3 is 0 Å². The minimum Gasteiger partial charge on any atom is -0.378 e. The van der Waals surface area contributed by atoms with E-state index in [-0.39, 0.29) is 0 Å². The molecule has 0 aliphatic heterocycles. The second-order valence-corrected chi connectivity index (χ2v) is 5.75. The Balaban J connectivity index is 1.69. The third-order valence-corrected chi connectivity index (χ3v) is 3.98. The predicted molar refractivity (Wildman–Crippen MR) is 68.3 cm³/mol. The maximum atomic E-state index is 11.8. The topological polar surface area (TPSA) is 39.2 Å². The smallest absolute Gasteiger partial charge is 0.139 e. The maximum absolute atomic E-state index is 11.8. The zero-order chi connectivity index (χ0) is 12.3. The van der Waals surface area contributed by atoms with Crippen LogP contribution in [-0.4, -0.2) is 23.5 Å². The Morgan fingerprint density at radius 3 is 2.94 bits per heavy atom. The lowest BCUT2D eigenvalue weighted by atomic mass is 9.78. The molecule has 0 atom stereocenters. The van der Waals surface area contributed by atoms with Crippen LogP contribution >= 0.6 is 11.3 Å². The molecule has 0 N–H and O–H groups in total. The average Bonchev–Trinajstić information content (AvgIpc) is 2.61. The molecule has 0 unspecified atom stereocenters. The van der Waals surface area contributed by atoms with Crippen molar-refractivity contribution in [1.82, 2.24) is 4.98 Å². The summed E-state index contributed by atoms with van der Waals surface area (Å²) in [5, 5.41) is 3.02. The molecule has 1 aliphatic rings. The molecule has 1 heterocycles. The van der Waals surface area contributed by atoms with Crippen molar-refractivity contribution >= 4 is 17.1 Å². The van der Waals surface area contributed by atoms with Gasteiger partial charge in [0.1, 0.15) is 5.78 Å². The molecule has 1 aromatic heterocycles. The number of rotatable bonds is 6. The van der Waals surface area contributed by atoms with Crippen molar-refractivity contribution in [2.75, 3.05) is 6.61 Å². The molecule has 17 heavy (non-hydrogen) atoms. The highest BCUT2D eigenvalue weighted by atomic mass is 32.1. The maximum Gasteiger partial charge on any atom is 0.139 e. The summed E-state index contributed by atoms with van der Waals surface area (Å²) in [5.41, 5.74) is 0.929. The Kier molecular flexibility index (Phi) is 4.29. The Bertz CT molecular complexity index is 383. The van der Waals surface area contributed by atoms with Gasteiger partial charge < -0.3 is 4.74 Å². The highest BCUT2D eigenvalue weighted by Crippen LogP contribution is 2.33. The van der Waals surface area contributed by atoms with Crippen molar-refractivity contribution in [1.29, 1.82) is 0 Å². The number of ether oxygens (including phenoxy) is 1. The molecule has 1 fully saturated rings. The van der Waals surface area contributed by atoms with Gasteiger partial charge in [0.05, 0.1) is 16.8 Å². The number of nitrogens with zero attached hydrogens (tertiary/aromatic N) is 1. The van der Waals surface area contributed by atoms with Crippen LogP contribution in [0.25, 0.3) is 0 Å². The third kappa shape index (κ3) is 3.61. The highest BCUT2D eigenvalue weighted by molar-refractivity contribution is 7.09. The molecule has 0 bridgehead atoms. The van der Waals surface area contributed by atoms with E-state index in [1.165, 1.54) is 0 Å². The number of Topliss-reactive ketones (excluding diaryl/α,β-unsaturated/α-hetero) is 1. The quantitative estimate of drug-likeness (QED) is 0.782. The summed E-state index contributed by atoms with van der Waals surface area (Å²) in [5.74, 6) is 0.856. The van der Waals surface area contributed by atoms with Crippen LogP contribution in [0, 0.1) is 12.8 Å². The Hall–Kier alpha value is -0.740. The van der Waals surface area contributed by atoms with Crippen LogP contribution in [0.5, 0.6) is 0 Å². The lowest BCUT2D eigenvalue weighted by Crippen LogP contribution is -2.33. The number of ketones is 1. The Morgan fingerprint density at radius 2 is 2.35 bits per heavy atom. The summed E-state index contributed by atoms with van der Waals surface area (Å²) in [7, 11) is 0. The van der Waals surface area contributed by atoms with E-state index in [0.29, 0.717) is 30.6 Å². The van der Waals surface area contributed by atoms with Gasteiger partial charge in [-0.05, 0) is 32.6 Å². The Morgan fingerprint density at radius 1 is 1.59 bits per heavy atom. The number of aryl methyl sites for hydroxylation is 1. The van der Waals surface area contributed by atoms with Gasteiger partial charge in [0, 0.05) is 24.8 Å². The van der Waals surface area contributed by atoms with Crippen LogP contribution in [0.3, 0.4) is 0 Å². The van der Waals surface area contributed by atoms with Gasteiger partial charge in [-0.1, -0.05) is 0 Å². The van der Waals surface area contributed by atoms with Crippen molar-refractivity contribution in [3.63, 3.8) is 0 Å². The van der Waals surface area contributed by atoms with Crippen molar-refractivity contribution < 1.29 is 9.53 Å². The van der Waals surface area contributed by atoms with Gasteiger partial charge in [-0.25, -0.2) is 4.98 Å². The molecule has 1 saturated carbocycles. The summed E-state index contributed by atoms with van der Waals surface area (Å²) >= 11 is 1.61. The minimum atomic E-state index is 0.315. The molecule has 0 aromatic carbocycles. The first-order valence-corrected chi connectivity index (χ1v) is 7.09. The molecule has 3 nitrogen and oxygen atoms in total. The molecule has 0 radical (unpaired) electrons. The predicted octanol–water partition coefficient (Wildman–Crippen LogP) is 2.77. The fraction of sp³-hybridized carbons (Fsp3) is 0.692. The van der Waals surface area contributed by atoms with Gasteiger partial charge in [-0.2, -0.15) is 0 Å². The highest BCUT2D eigenvalue weighted by Gasteiger charge is 2.30. The summed E-state index contributed by atoms with van der Waals surface area (Å²) in [6.45, 7) is 4.77. The first-order chi connectivity index (χ1) is 8.17. The van der Waals surface area contributed by atoms with Crippen molar-refractivity contribution in [2.45, 2.75) is 45.6 Å². The monoisotopic (exact) mass is 253 g/mol. The SMILES string of the molecule is CCOC1CC(CC(=O)Cc2csc(C)n2)C1. The van der Waals surface area contributed by atoms with Crippen LogP contribution in [0.4, 0.5) is 0 Å². The van der Waals surface area contributed by atoms with Crippen molar-refractivity contribution in [2.24, 2.45) is 5.92 Å². The van der Waals surface area contributed by atoms with Crippen LogP contribution in [-0.2, 0) is 16.0 Å². The van der Waals surface area contributed by atoms with E-state index >= 15 is 0 Å². The largest absolute Gasteiger partial charge is 0.378 e. The number of carbonyl (C=O) groups is 1. The van der Waals surface area contributed by atoms with E-state index in [1.807, 2.05) is 19.2 Å². The molecule has 4 heteroatoms. The summed E-state index contributed by atoms with van der Waals surface area (Å²) in [6.07, 6.45) is 3.70. The minimum absolute atomic E-state index is 0.315.